The molecule has 8 nitrogen and oxygen atoms in total. The number of likely N-dealkylation sites (N-methyl/N-ethyl adjacent to an activating group) is 1. The van der Waals surface area contributed by atoms with E-state index in [2.05, 4.69) is 31.3 Å². The second-order valence-electron chi connectivity index (χ2n) is 23.1. The summed E-state index contributed by atoms with van der Waals surface area (Å²) in [5, 5.41) is 14.1. The van der Waals surface area contributed by atoms with Crippen LogP contribution in [-0.4, -0.2) is 68.5 Å². The number of aliphatic hydroxyl groups is 1. The van der Waals surface area contributed by atoms with Crippen molar-refractivity contribution in [2.45, 2.75) is 341 Å². The van der Waals surface area contributed by atoms with E-state index in [0.29, 0.717) is 23.9 Å². The van der Waals surface area contributed by atoms with E-state index in [4.69, 9.17) is 9.05 Å². The Balaban J connectivity index is 4.07. The van der Waals surface area contributed by atoms with Gasteiger partial charge >= 0.3 is 0 Å². The Morgan fingerprint density at radius 3 is 1.10 bits per heavy atom. The van der Waals surface area contributed by atoms with Crippen LogP contribution in [0.1, 0.15) is 328 Å². The van der Waals surface area contributed by atoms with E-state index in [9.17, 15) is 19.4 Å². The van der Waals surface area contributed by atoms with Gasteiger partial charge in [-0.05, 0) is 38.5 Å². The van der Waals surface area contributed by atoms with Gasteiger partial charge in [0.25, 0.3) is 7.82 Å². The molecule has 0 radical (unpaired) electrons. The Bertz CT molecular complexity index is 1160. The van der Waals surface area contributed by atoms with Gasteiger partial charge in [-0.15, -0.1) is 0 Å². The number of unbranched alkanes of at least 4 members (excludes halogenated alkanes) is 44. The van der Waals surface area contributed by atoms with Crippen molar-refractivity contribution in [1.29, 1.82) is 0 Å². The minimum absolute atomic E-state index is 0.0150. The first-order valence-corrected chi connectivity index (χ1v) is 33.0. The van der Waals surface area contributed by atoms with Crippen LogP contribution in [0.5, 0.6) is 0 Å². The first-order chi connectivity index (χ1) is 34.5. The zero-order valence-electron chi connectivity index (χ0n) is 48.5. The largest absolute Gasteiger partial charge is 0.756 e. The molecule has 1 amide bonds. The van der Waals surface area contributed by atoms with Gasteiger partial charge in [-0.25, -0.2) is 0 Å². The highest BCUT2D eigenvalue weighted by atomic mass is 31.2. The Morgan fingerprint density at radius 1 is 0.479 bits per heavy atom. The Hall–Kier alpha value is -0.760. The number of phosphoric acid groups is 1. The molecule has 0 saturated heterocycles. The number of hydrogen-bond donors (Lipinski definition) is 2. The zero-order chi connectivity index (χ0) is 52.0. The number of quaternary nitrogens is 1. The maximum Gasteiger partial charge on any atom is 0.268 e. The van der Waals surface area contributed by atoms with Crippen LogP contribution in [0.3, 0.4) is 0 Å². The number of phosphoric ester groups is 1. The average molecular weight is 1030 g/mol. The molecular weight excluding hydrogens is 900 g/mol. The van der Waals surface area contributed by atoms with Crippen molar-refractivity contribution in [1.82, 2.24) is 5.32 Å². The zero-order valence-corrected chi connectivity index (χ0v) is 49.4. The molecule has 0 bridgehead atoms. The number of hydrogen-bond acceptors (Lipinski definition) is 6. The summed E-state index contributed by atoms with van der Waals surface area (Å²) in [6, 6.07) is -0.799. The second-order valence-corrected chi connectivity index (χ2v) is 24.5. The van der Waals surface area contributed by atoms with Crippen molar-refractivity contribution < 1.29 is 32.9 Å². The molecule has 9 heteroatoms. The number of carbonyl (C=O) groups is 1. The van der Waals surface area contributed by atoms with Gasteiger partial charge in [-0.2, -0.15) is 0 Å². The number of nitrogens with one attached hydrogen (secondary N) is 1. The Labute approximate surface area is 443 Å². The van der Waals surface area contributed by atoms with Crippen LogP contribution in [0.15, 0.2) is 12.2 Å². The van der Waals surface area contributed by atoms with Crippen LogP contribution in [-0.2, 0) is 18.4 Å². The van der Waals surface area contributed by atoms with Crippen molar-refractivity contribution >= 4 is 13.7 Å². The van der Waals surface area contributed by atoms with Crippen molar-refractivity contribution in [2.24, 2.45) is 0 Å². The summed E-state index contributed by atoms with van der Waals surface area (Å²) in [7, 11) is 1.32. The van der Waals surface area contributed by atoms with Crippen molar-refractivity contribution in [3.8, 4) is 0 Å². The highest BCUT2D eigenvalue weighted by Crippen LogP contribution is 2.38. The first kappa shape index (κ1) is 70.2. The van der Waals surface area contributed by atoms with Gasteiger partial charge in [0.2, 0.25) is 5.91 Å². The van der Waals surface area contributed by atoms with Crippen LogP contribution in [0, 0.1) is 0 Å². The third kappa shape index (κ3) is 56.8. The second kappa shape index (κ2) is 54.0. The van der Waals surface area contributed by atoms with E-state index in [0.717, 1.165) is 38.5 Å². The van der Waals surface area contributed by atoms with E-state index in [1.807, 2.05) is 21.1 Å². The molecule has 0 fully saturated rings. The van der Waals surface area contributed by atoms with Crippen LogP contribution in [0.4, 0.5) is 0 Å². The first-order valence-electron chi connectivity index (χ1n) is 31.5. The molecule has 3 unspecified atom stereocenters. The van der Waals surface area contributed by atoms with Crippen molar-refractivity contribution in [3.63, 3.8) is 0 Å². The topological polar surface area (TPSA) is 108 Å². The summed E-state index contributed by atoms with van der Waals surface area (Å²) in [5.74, 6) is -0.158. The highest BCUT2D eigenvalue weighted by Gasteiger charge is 2.24. The third-order valence-electron chi connectivity index (χ3n) is 14.8. The van der Waals surface area contributed by atoms with Gasteiger partial charge in [-0.3, -0.25) is 9.36 Å². The Morgan fingerprint density at radius 2 is 0.775 bits per heavy atom. The van der Waals surface area contributed by atoms with E-state index >= 15 is 0 Å². The van der Waals surface area contributed by atoms with Gasteiger partial charge in [0.15, 0.2) is 0 Å². The summed E-state index contributed by atoms with van der Waals surface area (Å²) < 4.78 is 23.5. The fourth-order valence-corrected chi connectivity index (χ4v) is 10.5. The molecule has 71 heavy (non-hydrogen) atoms. The molecule has 0 aliphatic carbocycles. The quantitative estimate of drug-likeness (QED) is 0.0272. The van der Waals surface area contributed by atoms with E-state index in [-0.39, 0.29) is 19.1 Å². The van der Waals surface area contributed by atoms with Crippen LogP contribution in [0.2, 0.25) is 0 Å². The predicted molar refractivity (Wildman–Crippen MR) is 307 cm³/mol. The lowest BCUT2D eigenvalue weighted by molar-refractivity contribution is -0.870. The highest BCUT2D eigenvalue weighted by molar-refractivity contribution is 7.45. The molecular formula is C62H125N2O6P. The smallest absolute Gasteiger partial charge is 0.268 e. The molecule has 0 heterocycles. The van der Waals surface area contributed by atoms with Gasteiger partial charge in [-0.1, -0.05) is 296 Å². The van der Waals surface area contributed by atoms with Crippen molar-refractivity contribution in [3.05, 3.63) is 12.2 Å². The monoisotopic (exact) mass is 1020 g/mol. The molecule has 0 aromatic heterocycles. The van der Waals surface area contributed by atoms with Crippen LogP contribution in [0.25, 0.3) is 0 Å². The lowest BCUT2D eigenvalue weighted by atomic mass is 10.0. The Kier molecular flexibility index (Phi) is 53.5. The number of rotatable bonds is 59. The molecule has 0 aromatic rings. The average Bonchev–Trinajstić information content (AvgIpc) is 3.33. The van der Waals surface area contributed by atoms with Gasteiger partial charge < -0.3 is 28.8 Å². The number of aliphatic hydroxyl groups excluding tert-OH is 1. The number of nitrogens with zero attached hydrogens (tertiary/aromatic N) is 1. The molecule has 0 spiro atoms. The lowest BCUT2D eigenvalue weighted by Crippen LogP contribution is -2.46. The minimum Gasteiger partial charge on any atom is -0.756 e. The summed E-state index contributed by atoms with van der Waals surface area (Å²) >= 11 is 0. The van der Waals surface area contributed by atoms with Gasteiger partial charge in [0.1, 0.15) is 13.2 Å². The fourth-order valence-electron chi connectivity index (χ4n) is 9.80. The number of carbonyl (C=O) groups excluding carboxylic acids is 1. The van der Waals surface area contributed by atoms with E-state index in [1.165, 1.54) is 263 Å². The van der Waals surface area contributed by atoms with E-state index < -0.39 is 20.0 Å². The fraction of sp³-hybridized carbons (Fsp3) is 0.952. The molecule has 0 aliphatic rings. The maximum atomic E-state index is 13.0. The third-order valence-corrected chi connectivity index (χ3v) is 15.7. The summed E-state index contributed by atoms with van der Waals surface area (Å²) in [6.45, 7) is 4.78. The predicted octanol–water partition coefficient (Wildman–Crippen LogP) is 18.8. The minimum atomic E-state index is -4.57. The summed E-state index contributed by atoms with van der Waals surface area (Å²) in [6.07, 6.45) is 66.9. The maximum absolute atomic E-state index is 13.0. The number of allylic oxidation sites excluding steroid dienone is 2. The molecule has 0 saturated carbocycles. The molecule has 2 N–H and O–H groups in total. The standard InChI is InChI=1S/C62H125N2O6P/c1-6-8-10-12-14-16-18-20-22-24-26-28-29-30-31-32-33-34-36-38-40-42-44-46-48-50-52-54-56-62(66)63-60(59-70-71(67,68)69-58-57-64(3,4)5)61(65)55-53-51-49-47-45-43-41-39-37-35-27-25-23-21-19-17-15-13-11-9-7-2/h30-31,60-61,65H,6-29,32-59H2,1-5H3,(H-,63,66,67,68)/b31-30-. The van der Waals surface area contributed by atoms with Crippen LogP contribution >= 0.6 is 7.82 Å². The normalized spacial score (nSPS) is 13.8. The molecule has 0 aromatic carbocycles. The van der Waals surface area contributed by atoms with Gasteiger partial charge in [0.05, 0.1) is 39.9 Å². The van der Waals surface area contributed by atoms with Crippen molar-refractivity contribution in [2.75, 3.05) is 40.9 Å². The molecule has 0 rings (SSSR count). The summed E-state index contributed by atoms with van der Waals surface area (Å²) in [4.78, 5) is 25.6. The van der Waals surface area contributed by atoms with Crippen LogP contribution < -0.4 is 10.2 Å². The lowest BCUT2D eigenvalue weighted by Gasteiger charge is -2.30. The molecule has 424 valence electrons. The summed E-state index contributed by atoms with van der Waals surface area (Å²) in [5.41, 5.74) is 0. The molecule has 3 atom stereocenters. The van der Waals surface area contributed by atoms with E-state index in [1.54, 1.807) is 0 Å². The molecule has 0 aliphatic heterocycles. The SMILES string of the molecule is CCCCCCCCCCCCCC/C=C\CCCCCCCCCCCCCCC(=O)NC(COP(=O)([O-])OCC[N+](C)(C)C)C(O)CCCCCCCCCCCCCCCCCCCCCCC. The van der Waals surface area contributed by atoms with Gasteiger partial charge in [0, 0.05) is 6.42 Å². The number of amides is 1.